The zero-order chi connectivity index (χ0) is 31.7. The fourth-order valence-electron chi connectivity index (χ4n) is 5.01. The molecule has 0 saturated carbocycles. The molecule has 0 radical (unpaired) electrons. The first-order valence-corrected chi connectivity index (χ1v) is 15.6. The largest absolute Gasteiger partial charge is 0.437 e. The van der Waals surface area contributed by atoms with Gasteiger partial charge in [-0.25, -0.2) is 40.9 Å². The summed E-state index contributed by atoms with van der Waals surface area (Å²) in [5.41, 5.74) is -0.108. The van der Waals surface area contributed by atoms with Gasteiger partial charge in [0.15, 0.2) is 0 Å². The number of pyridine rings is 1. The molecule has 1 aliphatic rings. The molecule has 9 nitrogen and oxygen atoms in total. The van der Waals surface area contributed by atoms with Gasteiger partial charge < -0.3 is 15.4 Å². The van der Waals surface area contributed by atoms with E-state index in [-0.39, 0.29) is 35.3 Å². The van der Waals surface area contributed by atoms with Gasteiger partial charge in [-0.2, -0.15) is 0 Å². The minimum absolute atomic E-state index is 0.167. The lowest BCUT2D eigenvalue weighted by atomic mass is 9.95. The fraction of sp³-hybridized carbons (Fsp3) is 0.367. The first-order valence-electron chi connectivity index (χ1n) is 13.9. The van der Waals surface area contributed by atoms with Gasteiger partial charge in [-0.15, -0.1) is 0 Å². The zero-order valence-corrected chi connectivity index (χ0v) is 25.1. The van der Waals surface area contributed by atoms with Crippen molar-refractivity contribution in [1.29, 1.82) is 0 Å². The maximum atomic E-state index is 14.9. The van der Waals surface area contributed by atoms with Crippen molar-refractivity contribution in [3.63, 3.8) is 0 Å². The van der Waals surface area contributed by atoms with Crippen molar-refractivity contribution < 1.29 is 30.7 Å². The van der Waals surface area contributed by atoms with Crippen molar-refractivity contribution in [3.8, 4) is 22.9 Å². The van der Waals surface area contributed by atoms with Gasteiger partial charge in [-0.05, 0) is 56.7 Å². The number of nitrogens with zero attached hydrogens (tertiary/aromatic N) is 3. The highest BCUT2D eigenvalue weighted by atomic mass is 32.2. The number of ether oxygens (including phenoxy) is 1. The fourth-order valence-corrected chi connectivity index (χ4v) is 6.26. The van der Waals surface area contributed by atoms with Crippen LogP contribution in [0.25, 0.3) is 22.0 Å². The molecule has 14 heteroatoms. The summed E-state index contributed by atoms with van der Waals surface area (Å²) in [4.78, 5) is 13.3. The molecule has 0 unspecified atom stereocenters. The molecule has 5 rings (SSSR count). The third-order valence-electron chi connectivity index (χ3n) is 7.16. The Balaban J connectivity index is 1.46. The van der Waals surface area contributed by atoms with E-state index in [1.54, 1.807) is 44.3 Å². The van der Waals surface area contributed by atoms with Crippen molar-refractivity contribution in [1.82, 2.24) is 20.3 Å². The number of hydrogen-bond acceptors (Lipinski definition) is 8. The number of hydrogen-bond donors (Lipinski definition) is 3. The summed E-state index contributed by atoms with van der Waals surface area (Å²) in [5.74, 6) is -4.21. The van der Waals surface area contributed by atoms with Gasteiger partial charge in [0.2, 0.25) is 27.8 Å². The Kier molecular flexibility index (Phi) is 8.67. The summed E-state index contributed by atoms with van der Waals surface area (Å²) in [7, 11) is -4.30. The SMILES string of the molecule is Cc1ccc2c(NS(=O)(=O)CCC(C)(F)F)c(F)ccc2c1Oc1ncccc1-c1ccnc(N[C@@H]2CNC[C@@](C)(F)C2)n1. The Morgan fingerprint density at radius 3 is 2.64 bits per heavy atom. The minimum Gasteiger partial charge on any atom is -0.437 e. The third-order valence-corrected chi connectivity index (χ3v) is 8.41. The summed E-state index contributed by atoms with van der Waals surface area (Å²) < 4.78 is 89.7. The molecule has 0 bridgehead atoms. The van der Waals surface area contributed by atoms with E-state index < -0.39 is 39.6 Å². The molecule has 0 spiro atoms. The van der Waals surface area contributed by atoms with E-state index in [1.807, 2.05) is 0 Å². The standard InChI is InChI=1S/C30H32F4N6O3S/c1-18-6-7-20-21(8-9-23(31)25(20)40-44(41,42)14-11-30(3,33)34)26(18)43-27-22(5-4-12-36-27)24-10-13-37-28(39-24)38-19-15-29(2,32)17-35-16-19/h4-10,12-13,19,35,40H,11,14-17H2,1-3H3,(H,37,38,39)/t19-,29-/m0/s1. The van der Waals surface area contributed by atoms with Crippen molar-refractivity contribution in [2.45, 2.75) is 51.2 Å². The number of benzene rings is 2. The van der Waals surface area contributed by atoms with Crippen molar-refractivity contribution >= 4 is 32.4 Å². The van der Waals surface area contributed by atoms with E-state index >= 15 is 0 Å². The first kappa shape index (κ1) is 31.4. The highest BCUT2D eigenvalue weighted by Gasteiger charge is 2.32. The summed E-state index contributed by atoms with van der Waals surface area (Å²) >= 11 is 0. The van der Waals surface area contributed by atoms with Crippen LogP contribution in [-0.4, -0.2) is 59.8 Å². The second-order valence-corrected chi connectivity index (χ2v) is 13.1. The van der Waals surface area contributed by atoms with Gasteiger partial charge in [0, 0.05) is 55.1 Å². The van der Waals surface area contributed by atoms with Gasteiger partial charge in [0.05, 0.1) is 22.7 Å². The predicted octanol–water partition coefficient (Wildman–Crippen LogP) is 6.22. The van der Waals surface area contributed by atoms with Crippen LogP contribution in [0.1, 0.15) is 32.3 Å². The molecule has 4 aromatic rings. The molecular formula is C30H32F4N6O3S. The number of aromatic nitrogens is 3. The van der Waals surface area contributed by atoms with Gasteiger partial charge in [0.25, 0.3) is 0 Å². The summed E-state index contributed by atoms with van der Waals surface area (Å²) in [6.45, 7) is 4.75. The smallest absolute Gasteiger partial charge is 0.246 e. The van der Waals surface area contributed by atoms with E-state index in [4.69, 9.17) is 4.74 Å². The predicted molar refractivity (Wildman–Crippen MR) is 161 cm³/mol. The van der Waals surface area contributed by atoms with E-state index in [0.29, 0.717) is 48.0 Å². The average molecular weight is 633 g/mol. The molecule has 2 atom stereocenters. The van der Waals surface area contributed by atoms with Crippen molar-refractivity contribution in [3.05, 3.63) is 66.2 Å². The molecule has 44 heavy (non-hydrogen) atoms. The van der Waals surface area contributed by atoms with Gasteiger partial charge in [-0.1, -0.05) is 12.1 Å². The summed E-state index contributed by atoms with van der Waals surface area (Å²) in [6, 6.07) is 10.6. The van der Waals surface area contributed by atoms with Crippen molar-refractivity contribution in [2.75, 3.05) is 28.9 Å². The Morgan fingerprint density at radius 2 is 1.89 bits per heavy atom. The minimum atomic E-state index is -4.30. The Hall–Kier alpha value is -4.04. The Bertz CT molecular complexity index is 1780. The number of halogens is 4. The molecule has 0 aliphatic carbocycles. The molecule has 3 N–H and O–H groups in total. The number of fused-ring (bicyclic) bond motifs is 1. The number of nitrogens with one attached hydrogen (secondary N) is 3. The summed E-state index contributed by atoms with van der Waals surface area (Å²) in [5, 5.41) is 6.78. The van der Waals surface area contributed by atoms with Crippen LogP contribution in [0, 0.1) is 12.7 Å². The van der Waals surface area contributed by atoms with Crippen LogP contribution in [0.5, 0.6) is 11.6 Å². The van der Waals surface area contributed by atoms with Crippen LogP contribution in [0.2, 0.25) is 0 Å². The van der Waals surface area contributed by atoms with Crippen LogP contribution < -0.4 is 20.1 Å². The Labute approximate surface area is 252 Å². The lowest BCUT2D eigenvalue weighted by Crippen LogP contribution is -2.50. The highest BCUT2D eigenvalue weighted by molar-refractivity contribution is 7.92. The molecule has 1 aliphatic heterocycles. The van der Waals surface area contributed by atoms with Gasteiger partial charge in [0.1, 0.15) is 17.2 Å². The van der Waals surface area contributed by atoms with E-state index in [1.165, 1.54) is 18.3 Å². The van der Waals surface area contributed by atoms with Crippen LogP contribution >= 0.6 is 0 Å². The molecular weight excluding hydrogens is 600 g/mol. The number of rotatable bonds is 10. The number of alkyl halides is 3. The van der Waals surface area contributed by atoms with E-state index in [9.17, 15) is 26.0 Å². The topological polar surface area (TPSA) is 118 Å². The second-order valence-electron chi connectivity index (χ2n) is 11.3. The summed E-state index contributed by atoms with van der Waals surface area (Å²) in [6.07, 6.45) is 2.46. The molecule has 1 saturated heterocycles. The zero-order valence-electron chi connectivity index (χ0n) is 24.3. The maximum Gasteiger partial charge on any atom is 0.246 e. The average Bonchev–Trinajstić information content (AvgIpc) is 2.94. The first-order chi connectivity index (χ1) is 20.7. The van der Waals surface area contributed by atoms with Crippen LogP contribution in [0.3, 0.4) is 0 Å². The molecule has 234 valence electrons. The van der Waals surface area contributed by atoms with Crippen molar-refractivity contribution in [2.24, 2.45) is 0 Å². The number of anilines is 2. The monoisotopic (exact) mass is 632 g/mol. The third kappa shape index (κ3) is 7.53. The molecule has 0 amide bonds. The maximum absolute atomic E-state index is 14.9. The van der Waals surface area contributed by atoms with Crippen LogP contribution in [0.15, 0.2) is 54.9 Å². The van der Waals surface area contributed by atoms with Gasteiger partial charge in [-0.3, -0.25) is 4.72 Å². The van der Waals surface area contributed by atoms with E-state index in [2.05, 4.69) is 30.3 Å². The lowest BCUT2D eigenvalue weighted by molar-refractivity contribution is 0.0189. The normalized spacial score (nSPS) is 19.1. The van der Waals surface area contributed by atoms with Crippen LogP contribution in [-0.2, 0) is 10.0 Å². The lowest BCUT2D eigenvalue weighted by Gasteiger charge is -2.33. The molecule has 2 aromatic heterocycles. The molecule has 3 heterocycles. The number of piperidine rings is 1. The second kappa shape index (κ2) is 12.2. The van der Waals surface area contributed by atoms with E-state index in [0.717, 1.165) is 6.07 Å². The van der Waals surface area contributed by atoms with Gasteiger partial charge >= 0.3 is 0 Å². The molecule has 1 fully saturated rings. The quantitative estimate of drug-likeness (QED) is 0.177. The highest BCUT2D eigenvalue weighted by Crippen LogP contribution is 2.40. The Morgan fingerprint density at radius 1 is 1.11 bits per heavy atom. The number of sulfonamides is 1. The van der Waals surface area contributed by atoms with Crippen LogP contribution in [0.4, 0.5) is 29.2 Å². The number of aryl methyl sites for hydroxylation is 1. The molecule has 2 aromatic carbocycles.